The zero-order valence-electron chi connectivity index (χ0n) is 11.9. The second-order valence-corrected chi connectivity index (χ2v) is 5.64. The third-order valence-corrected chi connectivity index (χ3v) is 3.78. The van der Waals surface area contributed by atoms with Gasteiger partial charge in [-0.25, -0.2) is 0 Å². The zero-order chi connectivity index (χ0) is 15.6. The van der Waals surface area contributed by atoms with Crippen LogP contribution in [0.3, 0.4) is 0 Å². The van der Waals surface area contributed by atoms with Gasteiger partial charge < -0.3 is 15.2 Å². The van der Waals surface area contributed by atoms with E-state index in [1.165, 1.54) is 14.2 Å². The van der Waals surface area contributed by atoms with Crippen LogP contribution in [-0.4, -0.2) is 24.2 Å². The fourth-order valence-electron chi connectivity index (χ4n) is 1.89. The maximum absolute atomic E-state index is 6.65. The second kappa shape index (κ2) is 5.95. The molecule has 2 aromatic rings. The number of nitrogens with zero attached hydrogens (tertiary/aromatic N) is 2. The summed E-state index contributed by atoms with van der Waals surface area (Å²) in [6, 6.07) is 6.81. The first-order valence-corrected chi connectivity index (χ1v) is 6.86. The van der Waals surface area contributed by atoms with E-state index in [1.807, 2.05) is 0 Å². The smallest absolute Gasteiger partial charge is 0.220 e. The molecule has 2 N–H and O–H groups in total. The van der Waals surface area contributed by atoms with Gasteiger partial charge in [-0.1, -0.05) is 23.7 Å². The fourth-order valence-corrected chi connectivity index (χ4v) is 2.31. The molecule has 0 aliphatic carbocycles. The Balaban J connectivity index is 2.60. The van der Waals surface area contributed by atoms with Crippen LogP contribution in [0.1, 0.15) is 18.3 Å². The maximum Gasteiger partial charge on any atom is 0.220 e. The number of nitrogens with two attached hydrogens (primary N) is 1. The minimum Gasteiger partial charge on any atom is -0.481 e. The third kappa shape index (κ3) is 2.99. The van der Waals surface area contributed by atoms with Gasteiger partial charge in [0, 0.05) is 5.56 Å². The summed E-state index contributed by atoms with van der Waals surface area (Å²) in [6.07, 6.45) is 0. The normalized spacial score (nSPS) is 13.6. The molecule has 1 unspecified atom stereocenters. The van der Waals surface area contributed by atoms with E-state index in [4.69, 9.17) is 38.4 Å². The summed E-state index contributed by atoms with van der Waals surface area (Å²) in [5.41, 5.74) is 7.02. The van der Waals surface area contributed by atoms with Gasteiger partial charge in [-0.15, -0.1) is 11.6 Å². The summed E-state index contributed by atoms with van der Waals surface area (Å²) in [5.74, 6) is 1.02. The third-order valence-electron chi connectivity index (χ3n) is 3.08. The highest BCUT2D eigenvalue weighted by Gasteiger charge is 2.33. The number of rotatable bonds is 4. The minimum absolute atomic E-state index is 0.314. The highest BCUT2D eigenvalue weighted by atomic mass is 35.5. The van der Waals surface area contributed by atoms with Gasteiger partial charge in [-0.05, 0) is 13.0 Å². The van der Waals surface area contributed by atoms with E-state index in [1.54, 1.807) is 31.2 Å². The molecule has 0 saturated carbocycles. The van der Waals surface area contributed by atoms with Crippen molar-refractivity contribution in [3.05, 3.63) is 40.7 Å². The summed E-state index contributed by atoms with van der Waals surface area (Å²) in [7, 11) is 3.01. The molecule has 0 fully saturated rings. The zero-order valence-corrected chi connectivity index (χ0v) is 13.4. The van der Waals surface area contributed by atoms with Crippen LogP contribution >= 0.6 is 23.2 Å². The van der Waals surface area contributed by atoms with Gasteiger partial charge in [-0.2, -0.15) is 9.97 Å². The van der Waals surface area contributed by atoms with Crippen molar-refractivity contribution < 1.29 is 9.47 Å². The Hall–Kier alpha value is -1.72. The number of halogens is 2. The predicted octanol–water partition coefficient (Wildman–Crippen LogP) is 3.23. The molecule has 21 heavy (non-hydrogen) atoms. The van der Waals surface area contributed by atoms with Crippen LogP contribution in [0.4, 0.5) is 5.69 Å². The lowest BCUT2D eigenvalue weighted by Crippen LogP contribution is -2.21. The van der Waals surface area contributed by atoms with Gasteiger partial charge in [0.2, 0.25) is 11.8 Å². The van der Waals surface area contributed by atoms with E-state index in [-0.39, 0.29) is 0 Å². The van der Waals surface area contributed by atoms with E-state index in [2.05, 4.69) is 9.97 Å². The first-order valence-electron chi connectivity index (χ1n) is 6.11. The molecule has 0 radical (unpaired) electrons. The van der Waals surface area contributed by atoms with Gasteiger partial charge >= 0.3 is 0 Å². The van der Waals surface area contributed by atoms with E-state index in [9.17, 15) is 0 Å². The van der Waals surface area contributed by atoms with Crippen LogP contribution in [0.15, 0.2) is 24.3 Å². The number of para-hydroxylation sites is 1. The molecule has 0 amide bonds. The number of aromatic nitrogens is 2. The average Bonchev–Trinajstić information content (AvgIpc) is 2.49. The minimum atomic E-state index is -1.07. The van der Waals surface area contributed by atoms with Crippen molar-refractivity contribution in [1.29, 1.82) is 0 Å². The molecule has 0 saturated heterocycles. The van der Waals surface area contributed by atoms with Crippen LogP contribution in [-0.2, 0) is 4.87 Å². The predicted molar refractivity (Wildman–Crippen MR) is 83.3 cm³/mol. The number of ether oxygens (including phenoxy) is 2. The Morgan fingerprint density at radius 1 is 1.14 bits per heavy atom. The maximum atomic E-state index is 6.65. The Bertz CT molecular complexity index is 640. The molecular formula is C14H15Cl2N3O2. The van der Waals surface area contributed by atoms with Crippen molar-refractivity contribution >= 4 is 28.9 Å². The Morgan fingerprint density at radius 3 is 2.24 bits per heavy atom. The molecule has 0 aliphatic heterocycles. The van der Waals surface area contributed by atoms with Crippen molar-refractivity contribution in [3.63, 3.8) is 0 Å². The molecule has 0 aliphatic rings. The number of hydrogen-bond acceptors (Lipinski definition) is 5. The molecule has 5 nitrogen and oxygen atoms in total. The largest absolute Gasteiger partial charge is 0.481 e. The first-order chi connectivity index (χ1) is 9.90. The van der Waals surface area contributed by atoms with Gasteiger partial charge in [0.15, 0.2) is 5.82 Å². The lowest BCUT2D eigenvalue weighted by Gasteiger charge is -2.23. The fraction of sp³-hybridized carbons (Fsp3) is 0.286. The van der Waals surface area contributed by atoms with Crippen molar-refractivity contribution in [2.75, 3.05) is 20.0 Å². The number of alkyl halides is 1. The van der Waals surface area contributed by atoms with Gasteiger partial charge in [-0.3, -0.25) is 0 Å². The van der Waals surface area contributed by atoms with E-state index in [0.29, 0.717) is 33.9 Å². The molecule has 112 valence electrons. The van der Waals surface area contributed by atoms with E-state index in [0.717, 1.165) is 0 Å². The van der Waals surface area contributed by atoms with Crippen molar-refractivity contribution in [2.45, 2.75) is 11.8 Å². The highest BCUT2D eigenvalue weighted by molar-refractivity contribution is 6.34. The van der Waals surface area contributed by atoms with Crippen molar-refractivity contribution in [1.82, 2.24) is 9.97 Å². The lowest BCUT2D eigenvalue weighted by molar-refractivity contribution is 0.366. The summed E-state index contributed by atoms with van der Waals surface area (Å²) in [4.78, 5) is 7.48. The molecule has 1 aromatic heterocycles. The average molecular weight is 328 g/mol. The van der Waals surface area contributed by atoms with Crippen molar-refractivity contribution in [3.8, 4) is 11.8 Å². The summed E-state index contributed by atoms with van der Waals surface area (Å²) in [5, 5.41) is 0.425. The molecule has 0 bridgehead atoms. The highest BCUT2D eigenvalue weighted by Crippen LogP contribution is 2.40. The van der Waals surface area contributed by atoms with Gasteiger partial charge in [0.05, 0.1) is 31.0 Å². The summed E-state index contributed by atoms with van der Waals surface area (Å²) in [6.45, 7) is 1.74. The van der Waals surface area contributed by atoms with Gasteiger partial charge in [0.1, 0.15) is 4.87 Å². The Morgan fingerprint density at radius 2 is 1.71 bits per heavy atom. The number of anilines is 1. The summed E-state index contributed by atoms with van der Waals surface area (Å²) >= 11 is 12.7. The Labute approximate surface area is 133 Å². The number of hydrogen-bond donors (Lipinski definition) is 1. The molecule has 2 rings (SSSR count). The molecule has 1 heterocycles. The van der Waals surface area contributed by atoms with E-state index < -0.39 is 4.87 Å². The number of nitrogen functional groups attached to an aromatic ring is 1. The SMILES string of the molecule is COc1cc(OC)nc(C(C)(Cl)c2cccc(Cl)c2N)n1. The summed E-state index contributed by atoms with van der Waals surface area (Å²) < 4.78 is 10.3. The van der Waals surface area contributed by atoms with Crippen LogP contribution < -0.4 is 15.2 Å². The lowest BCUT2D eigenvalue weighted by atomic mass is 9.97. The second-order valence-electron chi connectivity index (χ2n) is 4.48. The molecule has 1 atom stereocenters. The van der Waals surface area contributed by atoms with Crippen LogP contribution in [0.5, 0.6) is 11.8 Å². The van der Waals surface area contributed by atoms with Gasteiger partial charge in [0.25, 0.3) is 0 Å². The molecule has 1 aromatic carbocycles. The van der Waals surface area contributed by atoms with Crippen LogP contribution in [0.2, 0.25) is 5.02 Å². The molecule has 0 spiro atoms. The van der Waals surface area contributed by atoms with E-state index >= 15 is 0 Å². The monoisotopic (exact) mass is 327 g/mol. The quantitative estimate of drug-likeness (QED) is 0.689. The standard InChI is InChI=1S/C14H15Cl2N3O2/c1-14(16,8-5-4-6-9(15)12(8)17)13-18-10(20-2)7-11(19-13)21-3/h4-7H,17H2,1-3H3. The number of benzene rings is 1. The molecular weight excluding hydrogens is 313 g/mol. The topological polar surface area (TPSA) is 70.3 Å². The van der Waals surface area contributed by atoms with Crippen LogP contribution in [0, 0.1) is 0 Å². The number of methoxy groups -OCH3 is 2. The Kier molecular flexibility index (Phi) is 4.44. The van der Waals surface area contributed by atoms with Crippen molar-refractivity contribution in [2.24, 2.45) is 0 Å². The van der Waals surface area contributed by atoms with Crippen LogP contribution in [0.25, 0.3) is 0 Å². The first kappa shape index (κ1) is 15.7. The molecule has 7 heteroatoms.